The van der Waals surface area contributed by atoms with E-state index in [0.717, 1.165) is 45.1 Å². The van der Waals surface area contributed by atoms with E-state index in [-0.39, 0.29) is 4.75 Å². The fourth-order valence-electron chi connectivity index (χ4n) is 2.84. The minimum atomic E-state index is 0.254. The Balaban J connectivity index is 1.91. The second-order valence-electron chi connectivity index (χ2n) is 6.09. The SMILES string of the molecule is CN=C(NCc1ccc(C)cc1SC)NCC1(SC)CCOCC1. The summed E-state index contributed by atoms with van der Waals surface area (Å²) in [4.78, 5) is 5.70. The molecule has 2 rings (SSSR count). The maximum absolute atomic E-state index is 5.51. The minimum Gasteiger partial charge on any atom is -0.381 e. The highest BCUT2D eigenvalue weighted by atomic mass is 32.2. The highest BCUT2D eigenvalue weighted by molar-refractivity contribution is 8.00. The fourth-order valence-corrected chi connectivity index (χ4v) is 4.34. The van der Waals surface area contributed by atoms with E-state index in [4.69, 9.17) is 4.74 Å². The Kier molecular flexibility index (Phi) is 7.78. The number of aryl methyl sites for hydroxylation is 1. The number of nitrogens with zero attached hydrogens (tertiary/aromatic N) is 1. The van der Waals surface area contributed by atoms with Crippen LogP contribution in [0.5, 0.6) is 0 Å². The van der Waals surface area contributed by atoms with Crippen molar-refractivity contribution in [2.24, 2.45) is 4.99 Å². The molecule has 0 atom stereocenters. The van der Waals surface area contributed by atoms with Crippen LogP contribution in [0.1, 0.15) is 24.0 Å². The molecule has 0 aliphatic carbocycles. The van der Waals surface area contributed by atoms with Crippen molar-refractivity contribution in [3.05, 3.63) is 29.3 Å². The van der Waals surface area contributed by atoms with E-state index in [1.807, 2.05) is 18.8 Å². The van der Waals surface area contributed by atoms with Crippen LogP contribution in [0.4, 0.5) is 0 Å². The van der Waals surface area contributed by atoms with Gasteiger partial charge >= 0.3 is 0 Å². The fraction of sp³-hybridized carbons (Fsp3) is 0.611. The Hall–Kier alpha value is -0.850. The summed E-state index contributed by atoms with van der Waals surface area (Å²) in [6.45, 7) is 5.54. The number of aliphatic imine (C=N–C) groups is 1. The molecule has 1 aliphatic heterocycles. The lowest BCUT2D eigenvalue weighted by atomic mass is 9.99. The summed E-state index contributed by atoms with van der Waals surface area (Å²) in [6, 6.07) is 6.60. The van der Waals surface area contributed by atoms with Gasteiger partial charge in [0.25, 0.3) is 0 Å². The molecule has 24 heavy (non-hydrogen) atoms. The van der Waals surface area contributed by atoms with Crippen molar-refractivity contribution in [3.63, 3.8) is 0 Å². The van der Waals surface area contributed by atoms with Crippen molar-refractivity contribution < 1.29 is 4.74 Å². The third-order valence-corrected chi connectivity index (χ3v) is 6.77. The summed E-state index contributed by atoms with van der Waals surface area (Å²) in [5.41, 5.74) is 2.61. The Labute approximate surface area is 154 Å². The lowest BCUT2D eigenvalue weighted by Gasteiger charge is -2.36. The van der Waals surface area contributed by atoms with Gasteiger partial charge in [0.1, 0.15) is 0 Å². The molecule has 6 heteroatoms. The first-order valence-corrected chi connectivity index (χ1v) is 10.8. The molecule has 1 heterocycles. The van der Waals surface area contributed by atoms with Crippen molar-refractivity contribution in [1.29, 1.82) is 0 Å². The number of guanidine groups is 1. The third kappa shape index (κ3) is 5.33. The average molecular weight is 368 g/mol. The Morgan fingerprint density at radius 2 is 2.00 bits per heavy atom. The van der Waals surface area contributed by atoms with Crippen LogP contribution in [-0.4, -0.2) is 50.0 Å². The average Bonchev–Trinajstić information content (AvgIpc) is 2.63. The molecule has 1 aliphatic rings. The normalized spacial score (nSPS) is 17.6. The first-order chi connectivity index (χ1) is 11.6. The number of thioether (sulfide) groups is 2. The van der Waals surface area contributed by atoms with E-state index >= 15 is 0 Å². The summed E-state index contributed by atoms with van der Waals surface area (Å²) in [7, 11) is 1.83. The van der Waals surface area contributed by atoms with Gasteiger partial charge in [-0.3, -0.25) is 4.99 Å². The summed E-state index contributed by atoms with van der Waals surface area (Å²) in [5, 5.41) is 6.95. The number of hydrogen-bond acceptors (Lipinski definition) is 4. The molecule has 0 amide bonds. The molecule has 1 aromatic rings. The first-order valence-electron chi connectivity index (χ1n) is 8.33. The van der Waals surface area contributed by atoms with Gasteiger partial charge in [-0.1, -0.05) is 12.1 Å². The number of benzene rings is 1. The van der Waals surface area contributed by atoms with Gasteiger partial charge in [0.05, 0.1) is 0 Å². The molecule has 1 aromatic carbocycles. The van der Waals surface area contributed by atoms with Gasteiger partial charge in [0.15, 0.2) is 5.96 Å². The zero-order valence-corrected chi connectivity index (χ0v) is 16.8. The molecular formula is C18H29N3OS2. The van der Waals surface area contributed by atoms with Gasteiger partial charge < -0.3 is 15.4 Å². The van der Waals surface area contributed by atoms with Crippen LogP contribution in [0.3, 0.4) is 0 Å². The molecule has 1 fully saturated rings. The molecule has 0 saturated carbocycles. The van der Waals surface area contributed by atoms with Crippen LogP contribution >= 0.6 is 23.5 Å². The van der Waals surface area contributed by atoms with Gasteiger partial charge in [-0.15, -0.1) is 11.8 Å². The van der Waals surface area contributed by atoms with Crippen molar-refractivity contribution in [2.45, 2.75) is 36.0 Å². The van der Waals surface area contributed by atoms with Gasteiger partial charge in [0.2, 0.25) is 0 Å². The second-order valence-corrected chi connectivity index (χ2v) is 8.22. The van der Waals surface area contributed by atoms with Crippen molar-refractivity contribution in [1.82, 2.24) is 10.6 Å². The molecule has 0 aromatic heterocycles. The van der Waals surface area contributed by atoms with Crippen LogP contribution in [0.15, 0.2) is 28.1 Å². The zero-order chi connectivity index (χ0) is 17.4. The molecule has 0 radical (unpaired) electrons. The van der Waals surface area contributed by atoms with E-state index < -0.39 is 0 Å². The van der Waals surface area contributed by atoms with E-state index in [1.54, 1.807) is 11.8 Å². The Morgan fingerprint density at radius 3 is 2.62 bits per heavy atom. The van der Waals surface area contributed by atoms with Gasteiger partial charge in [-0.2, -0.15) is 11.8 Å². The van der Waals surface area contributed by atoms with Crippen molar-refractivity contribution >= 4 is 29.5 Å². The van der Waals surface area contributed by atoms with Crippen LogP contribution in [0.2, 0.25) is 0 Å². The highest BCUT2D eigenvalue weighted by Gasteiger charge is 2.31. The number of hydrogen-bond donors (Lipinski definition) is 2. The molecule has 134 valence electrons. The standard InChI is InChI=1S/C18H29N3OS2/c1-14-5-6-15(16(11-14)23-3)12-20-17(19-2)21-13-18(24-4)7-9-22-10-8-18/h5-6,11H,7-10,12-13H2,1-4H3,(H2,19,20,21). The Morgan fingerprint density at radius 1 is 1.25 bits per heavy atom. The summed E-state index contributed by atoms with van der Waals surface area (Å²) in [6.07, 6.45) is 6.50. The van der Waals surface area contributed by atoms with E-state index in [2.05, 4.69) is 53.3 Å². The monoisotopic (exact) mass is 367 g/mol. The van der Waals surface area contributed by atoms with Crippen molar-refractivity contribution in [2.75, 3.05) is 39.3 Å². The van der Waals surface area contributed by atoms with Gasteiger partial charge in [0, 0.05) is 43.0 Å². The maximum atomic E-state index is 5.51. The second kappa shape index (κ2) is 9.59. The number of nitrogens with one attached hydrogen (secondary N) is 2. The van der Waals surface area contributed by atoms with E-state index in [1.165, 1.54) is 16.0 Å². The predicted octanol–water partition coefficient (Wildman–Crippen LogP) is 3.29. The summed E-state index contributed by atoms with van der Waals surface area (Å²) in [5.74, 6) is 0.863. The molecule has 4 nitrogen and oxygen atoms in total. The largest absolute Gasteiger partial charge is 0.381 e. The van der Waals surface area contributed by atoms with Gasteiger partial charge in [-0.05, 0) is 49.5 Å². The lowest BCUT2D eigenvalue weighted by molar-refractivity contribution is 0.0783. The molecule has 0 unspecified atom stereocenters. The van der Waals surface area contributed by atoms with Crippen LogP contribution in [0.25, 0.3) is 0 Å². The minimum absolute atomic E-state index is 0.254. The quantitative estimate of drug-likeness (QED) is 0.459. The molecular weight excluding hydrogens is 338 g/mol. The van der Waals surface area contributed by atoms with E-state index in [9.17, 15) is 0 Å². The third-order valence-electron chi connectivity index (χ3n) is 4.53. The maximum Gasteiger partial charge on any atom is 0.191 e. The first kappa shape index (κ1) is 19.5. The van der Waals surface area contributed by atoms with Crippen LogP contribution in [-0.2, 0) is 11.3 Å². The van der Waals surface area contributed by atoms with Crippen molar-refractivity contribution in [3.8, 4) is 0 Å². The smallest absolute Gasteiger partial charge is 0.191 e. The molecule has 0 bridgehead atoms. The van der Waals surface area contributed by atoms with Crippen LogP contribution in [0, 0.1) is 6.92 Å². The topological polar surface area (TPSA) is 45.7 Å². The number of rotatable bonds is 6. The van der Waals surface area contributed by atoms with E-state index in [0.29, 0.717) is 0 Å². The molecule has 2 N–H and O–H groups in total. The lowest BCUT2D eigenvalue weighted by Crippen LogP contribution is -2.47. The summed E-state index contributed by atoms with van der Waals surface area (Å²) >= 11 is 3.73. The molecule has 0 spiro atoms. The number of ether oxygens (including phenoxy) is 1. The van der Waals surface area contributed by atoms with Gasteiger partial charge in [-0.25, -0.2) is 0 Å². The zero-order valence-electron chi connectivity index (χ0n) is 15.1. The summed E-state index contributed by atoms with van der Waals surface area (Å²) < 4.78 is 5.77. The van der Waals surface area contributed by atoms with Crippen LogP contribution < -0.4 is 10.6 Å². The molecule has 1 saturated heterocycles. The highest BCUT2D eigenvalue weighted by Crippen LogP contribution is 2.32. The predicted molar refractivity (Wildman–Crippen MR) is 107 cm³/mol. The Bertz CT molecular complexity index is 557.